The van der Waals surface area contributed by atoms with Crippen molar-refractivity contribution in [3.05, 3.63) is 20.8 Å². The van der Waals surface area contributed by atoms with Gasteiger partial charge in [-0.1, -0.05) is 0 Å². The maximum atomic E-state index is 5.66. The van der Waals surface area contributed by atoms with E-state index in [2.05, 4.69) is 40.4 Å². The molecule has 5 heteroatoms. The van der Waals surface area contributed by atoms with Crippen LogP contribution in [0.1, 0.15) is 31.1 Å². The molecule has 1 aromatic rings. The van der Waals surface area contributed by atoms with Crippen LogP contribution in [0.4, 0.5) is 0 Å². The average Bonchev–Trinajstić information content (AvgIpc) is 2.70. The Morgan fingerprint density at radius 1 is 1.56 bits per heavy atom. The summed E-state index contributed by atoms with van der Waals surface area (Å²) in [6.07, 6.45) is 5.05. The van der Waals surface area contributed by atoms with E-state index in [-0.39, 0.29) is 0 Å². The number of nitrogens with two attached hydrogens (primary N) is 1. The first-order valence-corrected chi connectivity index (χ1v) is 8.14. The van der Waals surface area contributed by atoms with Gasteiger partial charge in [-0.3, -0.25) is 11.3 Å². The first-order chi connectivity index (χ1) is 8.71. The average molecular weight is 333 g/mol. The van der Waals surface area contributed by atoms with Gasteiger partial charge < -0.3 is 4.74 Å². The highest BCUT2D eigenvalue weighted by atomic mass is 79.9. The van der Waals surface area contributed by atoms with Crippen molar-refractivity contribution in [1.29, 1.82) is 0 Å². The van der Waals surface area contributed by atoms with Crippen LogP contribution >= 0.6 is 27.3 Å². The third kappa shape index (κ3) is 4.03. The van der Waals surface area contributed by atoms with Gasteiger partial charge in [0.2, 0.25) is 0 Å². The third-order valence-electron chi connectivity index (χ3n) is 3.52. The zero-order valence-corrected chi connectivity index (χ0v) is 13.1. The lowest BCUT2D eigenvalue weighted by molar-refractivity contribution is -0.0290. The Morgan fingerprint density at radius 2 is 2.33 bits per heavy atom. The number of hydrogen-bond donors (Lipinski definition) is 2. The predicted octanol–water partition coefficient (Wildman–Crippen LogP) is 3.09. The quantitative estimate of drug-likeness (QED) is 0.595. The highest BCUT2D eigenvalue weighted by Gasteiger charge is 2.31. The first-order valence-electron chi connectivity index (χ1n) is 6.53. The van der Waals surface area contributed by atoms with Gasteiger partial charge in [0.15, 0.2) is 0 Å². The van der Waals surface area contributed by atoms with Crippen molar-refractivity contribution in [2.75, 3.05) is 6.61 Å². The van der Waals surface area contributed by atoms with Gasteiger partial charge >= 0.3 is 0 Å². The van der Waals surface area contributed by atoms with Gasteiger partial charge in [0.1, 0.15) is 0 Å². The van der Waals surface area contributed by atoms with E-state index in [1.165, 1.54) is 21.5 Å². The standard InChI is InChI=1S/C13H21BrN2OS/c1-2-17-11-6-9(7-11)5-10(16-15)8-12-3-4-13(14)18-12/h3-4,9-11,16H,2,5-8,15H2,1H3. The Balaban J connectivity index is 1.73. The summed E-state index contributed by atoms with van der Waals surface area (Å²) < 4.78 is 6.78. The topological polar surface area (TPSA) is 47.3 Å². The van der Waals surface area contributed by atoms with E-state index >= 15 is 0 Å². The van der Waals surface area contributed by atoms with Gasteiger partial charge in [-0.2, -0.15) is 0 Å². The monoisotopic (exact) mass is 332 g/mol. The molecule has 3 N–H and O–H groups in total. The molecule has 3 nitrogen and oxygen atoms in total. The van der Waals surface area contributed by atoms with Gasteiger partial charge in [-0.05, 0) is 66.6 Å². The van der Waals surface area contributed by atoms with Crippen molar-refractivity contribution >= 4 is 27.3 Å². The second kappa shape index (κ2) is 7.01. The third-order valence-corrected chi connectivity index (χ3v) is 5.17. The zero-order chi connectivity index (χ0) is 13.0. The van der Waals surface area contributed by atoms with Crippen LogP contribution in [0, 0.1) is 5.92 Å². The smallest absolute Gasteiger partial charge is 0.0701 e. The SMILES string of the molecule is CCOC1CC(CC(Cc2ccc(Br)s2)NN)C1. The highest BCUT2D eigenvalue weighted by Crippen LogP contribution is 2.34. The number of hydrogen-bond acceptors (Lipinski definition) is 4. The van der Waals surface area contributed by atoms with Gasteiger partial charge in [0, 0.05) is 17.5 Å². The molecule has 1 atom stereocenters. The lowest BCUT2D eigenvalue weighted by Gasteiger charge is -2.36. The van der Waals surface area contributed by atoms with Gasteiger partial charge in [0.25, 0.3) is 0 Å². The molecule has 2 rings (SSSR count). The molecule has 1 aliphatic rings. The van der Waals surface area contributed by atoms with Gasteiger partial charge in [-0.15, -0.1) is 11.3 Å². The highest BCUT2D eigenvalue weighted by molar-refractivity contribution is 9.11. The van der Waals surface area contributed by atoms with Crippen LogP contribution in [0.3, 0.4) is 0 Å². The fourth-order valence-corrected chi connectivity index (χ4v) is 4.12. The van der Waals surface area contributed by atoms with E-state index in [9.17, 15) is 0 Å². The molecule has 102 valence electrons. The van der Waals surface area contributed by atoms with Crippen LogP contribution in [0.2, 0.25) is 0 Å². The summed E-state index contributed by atoms with van der Waals surface area (Å²) in [7, 11) is 0. The van der Waals surface area contributed by atoms with Crippen molar-refractivity contribution in [3.63, 3.8) is 0 Å². The van der Waals surface area contributed by atoms with Gasteiger partial charge in [-0.25, -0.2) is 0 Å². The summed E-state index contributed by atoms with van der Waals surface area (Å²) in [6.45, 7) is 2.89. The Morgan fingerprint density at radius 3 is 2.89 bits per heavy atom. The fraction of sp³-hybridized carbons (Fsp3) is 0.692. The molecule has 1 aliphatic carbocycles. The normalized spacial score (nSPS) is 24.8. The van der Waals surface area contributed by atoms with Crippen LogP contribution < -0.4 is 11.3 Å². The zero-order valence-electron chi connectivity index (χ0n) is 10.7. The second-order valence-corrected chi connectivity index (χ2v) is 7.47. The predicted molar refractivity (Wildman–Crippen MR) is 79.6 cm³/mol. The van der Waals surface area contributed by atoms with Crippen LogP contribution in [-0.4, -0.2) is 18.8 Å². The second-order valence-electron chi connectivity index (χ2n) is 4.92. The lowest BCUT2D eigenvalue weighted by atomic mass is 9.78. The minimum absolute atomic E-state index is 0.378. The molecule has 0 saturated heterocycles. The first kappa shape index (κ1) is 14.5. The van der Waals surface area contributed by atoms with Crippen molar-refractivity contribution < 1.29 is 4.74 Å². The molecule has 1 unspecified atom stereocenters. The number of halogens is 1. The molecule has 0 radical (unpaired) electrons. The Hall–Kier alpha value is 0.0600. The molecule has 0 aromatic carbocycles. The summed E-state index contributed by atoms with van der Waals surface area (Å²) in [5, 5.41) is 0. The van der Waals surface area contributed by atoms with E-state index in [1.54, 1.807) is 11.3 Å². The maximum Gasteiger partial charge on any atom is 0.0701 e. The minimum Gasteiger partial charge on any atom is -0.378 e. The molecular formula is C13H21BrN2OS. The number of nitrogens with one attached hydrogen (secondary N) is 1. The summed E-state index contributed by atoms with van der Waals surface area (Å²) in [4.78, 5) is 1.38. The minimum atomic E-state index is 0.378. The van der Waals surface area contributed by atoms with E-state index < -0.39 is 0 Å². The molecular weight excluding hydrogens is 312 g/mol. The van der Waals surface area contributed by atoms with Crippen LogP contribution in [0.25, 0.3) is 0 Å². The van der Waals surface area contributed by atoms with Gasteiger partial charge in [0.05, 0.1) is 9.89 Å². The molecule has 0 spiro atoms. The Labute approximate surface area is 121 Å². The summed E-state index contributed by atoms with van der Waals surface area (Å²) in [5.74, 6) is 6.43. The number of hydrazine groups is 1. The maximum absolute atomic E-state index is 5.66. The van der Waals surface area contributed by atoms with Crippen LogP contribution in [-0.2, 0) is 11.2 Å². The Kier molecular flexibility index (Phi) is 5.63. The summed E-state index contributed by atoms with van der Waals surface area (Å²) in [5.41, 5.74) is 2.96. The lowest BCUT2D eigenvalue weighted by Crippen LogP contribution is -2.42. The molecule has 1 fully saturated rings. The van der Waals surface area contributed by atoms with E-state index in [0.29, 0.717) is 12.1 Å². The molecule has 0 bridgehead atoms. The van der Waals surface area contributed by atoms with E-state index in [0.717, 1.165) is 25.4 Å². The van der Waals surface area contributed by atoms with Crippen LogP contribution in [0.15, 0.2) is 15.9 Å². The van der Waals surface area contributed by atoms with Crippen molar-refractivity contribution in [2.45, 2.75) is 44.8 Å². The Bertz CT molecular complexity index is 366. The van der Waals surface area contributed by atoms with Crippen molar-refractivity contribution in [1.82, 2.24) is 5.43 Å². The van der Waals surface area contributed by atoms with E-state index in [4.69, 9.17) is 10.6 Å². The number of thiophene rings is 1. The summed E-state index contributed by atoms with van der Waals surface area (Å²) in [6, 6.07) is 4.65. The van der Waals surface area contributed by atoms with Crippen molar-refractivity contribution in [3.8, 4) is 0 Å². The van der Waals surface area contributed by atoms with Crippen molar-refractivity contribution in [2.24, 2.45) is 11.8 Å². The largest absolute Gasteiger partial charge is 0.378 e. The summed E-state index contributed by atoms with van der Waals surface area (Å²) >= 11 is 5.28. The van der Waals surface area contributed by atoms with Crippen LogP contribution in [0.5, 0.6) is 0 Å². The number of ether oxygens (including phenoxy) is 1. The molecule has 1 heterocycles. The molecule has 18 heavy (non-hydrogen) atoms. The van der Waals surface area contributed by atoms with E-state index in [1.807, 2.05) is 0 Å². The number of rotatable bonds is 7. The molecule has 1 saturated carbocycles. The molecule has 1 aromatic heterocycles. The molecule has 0 aliphatic heterocycles. The molecule has 0 amide bonds. The fourth-order valence-electron chi connectivity index (χ4n) is 2.56.